The van der Waals surface area contributed by atoms with Gasteiger partial charge in [-0.15, -0.1) is 0 Å². The molecule has 21 heavy (non-hydrogen) atoms. The molecule has 5 nitrogen and oxygen atoms in total. The summed E-state index contributed by atoms with van der Waals surface area (Å²) in [6.45, 7) is 0. The lowest BCUT2D eigenvalue weighted by Crippen LogP contribution is -2.03. The number of unbranched alkanes of at least 4 members (excludes halogenated alkanes) is 11. The second-order valence-electron chi connectivity index (χ2n) is 5.67. The summed E-state index contributed by atoms with van der Waals surface area (Å²) in [4.78, 5) is 10.3. The molecule has 0 amide bonds. The van der Waals surface area contributed by atoms with Crippen LogP contribution in [-0.4, -0.2) is 29.8 Å². The molecule has 0 unspecified atom stereocenters. The van der Waals surface area contributed by atoms with Crippen molar-refractivity contribution in [1.29, 1.82) is 0 Å². The van der Waals surface area contributed by atoms with E-state index >= 15 is 0 Å². The summed E-state index contributed by atoms with van der Waals surface area (Å²) in [6, 6.07) is 0. The van der Waals surface area contributed by atoms with Gasteiger partial charge in [0, 0.05) is 6.42 Å². The van der Waals surface area contributed by atoms with E-state index in [1.807, 2.05) is 0 Å². The summed E-state index contributed by atoms with van der Waals surface area (Å²) in [5.74, 6) is -0.818. The van der Waals surface area contributed by atoms with Gasteiger partial charge in [-0.25, -0.2) is 0 Å². The maximum Gasteiger partial charge on any atom is 0.303 e. The fourth-order valence-corrected chi connectivity index (χ4v) is 2.90. The molecule has 126 valence electrons. The molecule has 0 aromatic carbocycles. The van der Waals surface area contributed by atoms with E-state index in [-0.39, 0.29) is 12.2 Å². The Morgan fingerprint density at radius 2 is 1.00 bits per heavy atom. The molecule has 0 radical (unpaired) electrons. The van der Waals surface area contributed by atoms with E-state index in [1.165, 1.54) is 32.1 Å². The summed E-state index contributed by atoms with van der Waals surface area (Å²) < 4.78 is 29.5. The first-order valence-corrected chi connectivity index (χ1v) is 9.70. The lowest BCUT2D eigenvalue weighted by Gasteiger charge is -2.02. The summed E-state index contributed by atoms with van der Waals surface area (Å²) in [7, 11) is -3.78. The van der Waals surface area contributed by atoms with Crippen molar-refractivity contribution in [3.8, 4) is 0 Å². The van der Waals surface area contributed by atoms with E-state index in [0.717, 1.165) is 38.5 Å². The summed E-state index contributed by atoms with van der Waals surface area (Å²) >= 11 is 0. The van der Waals surface area contributed by atoms with E-state index in [0.29, 0.717) is 6.42 Å². The smallest absolute Gasteiger partial charge is 0.303 e. The predicted molar refractivity (Wildman–Crippen MR) is 84.1 cm³/mol. The minimum Gasteiger partial charge on any atom is -0.481 e. The monoisotopic (exact) mass is 322 g/mol. The van der Waals surface area contributed by atoms with Crippen LogP contribution in [0.15, 0.2) is 0 Å². The van der Waals surface area contributed by atoms with Crippen LogP contribution in [0.2, 0.25) is 0 Å². The number of carboxylic acid groups (broad SMARTS) is 1. The Labute approximate surface area is 128 Å². The van der Waals surface area contributed by atoms with E-state index in [4.69, 9.17) is 9.66 Å². The number of hydrogen-bond acceptors (Lipinski definition) is 3. The maximum atomic E-state index is 10.5. The molecule has 0 fully saturated rings. The third-order valence-corrected chi connectivity index (χ3v) is 4.35. The van der Waals surface area contributed by atoms with Crippen molar-refractivity contribution < 1.29 is 22.9 Å². The summed E-state index contributed by atoms with van der Waals surface area (Å²) in [6.07, 6.45) is 12.8. The maximum absolute atomic E-state index is 10.5. The third kappa shape index (κ3) is 19.4. The normalized spacial score (nSPS) is 11.7. The Bertz CT molecular complexity index is 351. The highest BCUT2D eigenvalue weighted by molar-refractivity contribution is 7.85. The van der Waals surface area contributed by atoms with Gasteiger partial charge < -0.3 is 5.11 Å². The van der Waals surface area contributed by atoms with Gasteiger partial charge in [0.1, 0.15) is 0 Å². The minimum absolute atomic E-state index is 0.116. The molecule has 0 saturated carbocycles. The fraction of sp³-hybridized carbons (Fsp3) is 0.933. The molecule has 2 N–H and O–H groups in total. The minimum atomic E-state index is -3.78. The van der Waals surface area contributed by atoms with Gasteiger partial charge in [-0.1, -0.05) is 64.2 Å². The van der Waals surface area contributed by atoms with Crippen molar-refractivity contribution in [1.82, 2.24) is 0 Å². The van der Waals surface area contributed by atoms with Crippen molar-refractivity contribution in [2.24, 2.45) is 0 Å². The van der Waals surface area contributed by atoms with Gasteiger partial charge in [0.25, 0.3) is 10.1 Å². The number of carbonyl (C=O) groups is 1. The molecule has 0 aliphatic rings. The SMILES string of the molecule is O=C(O)CCCCCCCCCCCCCCS(=O)(=O)O. The van der Waals surface area contributed by atoms with Crippen molar-refractivity contribution in [3.63, 3.8) is 0 Å². The van der Waals surface area contributed by atoms with Gasteiger partial charge >= 0.3 is 5.97 Å². The topological polar surface area (TPSA) is 91.7 Å². The zero-order chi connectivity index (χ0) is 16.0. The van der Waals surface area contributed by atoms with Crippen molar-refractivity contribution in [3.05, 3.63) is 0 Å². The van der Waals surface area contributed by atoms with E-state index in [1.54, 1.807) is 0 Å². The molecule has 0 aliphatic heterocycles. The quantitative estimate of drug-likeness (QED) is 0.351. The van der Waals surface area contributed by atoms with Crippen LogP contribution >= 0.6 is 0 Å². The van der Waals surface area contributed by atoms with Crippen LogP contribution in [0.3, 0.4) is 0 Å². The van der Waals surface area contributed by atoms with Crippen LogP contribution in [0, 0.1) is 0 Å². The second-order valence-corrected chi connectivity index (χ2v) is 7.24. The number of aliphatic carboxylic acids is 1. The van der Waals surface area contributed by atoms with Gasteiger partial charge in [0.15, 0.2) is 0 Å². The number of rotatable bonds is 15. The second kappa shape index (κ2) is 13.1. The molecule has 0 rings (SSSR count). The molecule has 0 aromatic rings. The Kier molecular flexibility index (Phi) is 12.7. The van der Waals surface area contributed by atoms with Crippen LogP contribution in [0.25, 0.3) is 0 Å². The standard InChI is InChI=1S/C15H30O5S/c16-15(17)13-11-9-7-5-3-1-2-4-6-8-10-12-14-21(18,19)20/h1-14H2,(H,16,17)(H,18,19,20). The lowest BCUT2D eigenvalue weighted by atomic mass is 10.0. The summed E-state index contributed by atoms with van der Waals surface area (Å²) in [5.41, 5.74) is 0. The molecule has 0 atom stereocenters. The Hall–Kier alpha value is -0.620. The number of carboxylic acids is 1. The molecule has 0 spiro atoms. The molecule has 0 heterocycles. The van der Waals surface area contributed by atoms with Gasteiger partial charge in [-0.2, -0.15) is 8.42 Å². The lowest BCUT2D eigenvalue weighted by molar-refractivity contribution is -0.137. The predicted octanol–water partition coefficient (Wildman–Crippen LogP) is 4.03. The highest BCUT2D eigenvalue weighted by atomic mass is 32.2. The largest absolute Gasteiger partial charge is 0.481 e. The molecule has 6 heteroatoms. The Morgan fingerprint density at radius 1 is 0.667 bits per heavy atom. The molecular formula is C15H30O5S. The zero-order valence-corrected chi connectivity index (χ0v) is 13.7. The van der Waals surface area contributed by atoms with Crippen LogP contribution in [0.5, 0.6) is 0 Å². The molecule has 0 aliphatic carbocycles. The zero-order valence-electron chi connectivity index (χ0n) is 12.9. The highest BCUT2D eigenvalue weighted by Crippen LogP contribution is 2.12. The van der Waals surface area contributed by atoms with Crippen molar-refractivity contribution >= 4 is 16.1 Å². The van der Waals surface area contributed by atoms with Gasteiger partial charge in [0.05, 0.1) is 5.75 Å². The first kappa shape index (κ1) is 20.4. The fourth-order valence-electron chi connectivity index (χ4n) is 2.33. The molecule has 0 bridgehead atoms. The average Bonchev–Trinajstić information content (AvgIpc) is 2.37. The van der Waals surface area contributed by atoms with E-state index in [9.17, 15) is 13.2 Å². The Morgan fingerprint density at radius 3 is 1.33 bits per heavy atom. The van der Waals surface area contributed by atoms with Gasteiger partial charge in [-0.3, -0.25) is 9.35 Å². The Balaban J connectivity index is 3.07. The summed E-state index contributed by atoms with van der Waals surface area (Å²) in [5, 5.41) is 8.49. The highest BCUT2D eigenvalue weighted by Gasteiger charge is 2.02. The van der Waals surface area contributed by atoms with E-state index in [2.05, 4.69) is 0 Å². The molecule has 0 saturated heterocycles. The molecular weight excluding hydrogens is 292 g/mol. The van der Waals surface area contributed by atoms with Gasteiger partial charge in [-0.05, 0) is 12.8 Å². The van der Waals surface area contributed by atoms with Gasteiger partial charge in [0.2, 0.25) is 0 Å². The third-order valence-electron chi connectivity index (χ3n) is 3.54. The van der Waals surface area contributed by atoms with Crippen molar-refractivity contribution in [2.45, 2.75) is 83.5 Å². The van der Waals surface area contributed by atoms with Crippen LogP contribution in [0.1, 0.15) is 83.5 Å². The first-order chi connectivity index (χ1) is 9.92. The van der Waals surface area contributed by atoms with Crippen molar-refractivity contribution in [2.75, 3.05) is 5.75 Å². The van der Waals surface area contributed by atoms with Crippen LogP contribution in [0.4, 0.5) is 0 Å². The number of hydrogen-bond donors (Lipinski definition) is 2. The first-order valence-electron chi connectivity index (χ1n) is 8.09. The van der Waals surface area contributed by atoms with Crippen LogP contribution < -0.4 is 0 Å². The van der Waals surface area contributed by atoms with Crippen LogP contribution in [-0.2, 0) is 14.9 Å². The average molecular weight is 322 g/mol. The van der Waals surface area contributed by atoms with E-state index < -0.39 is 16.1 Å². The molecule has 0 aromatic heterocycles.